The van der Waals surface area contributed by atoms with Crippen LogP contribution in [0.4, 0.5) is 5.69 Å². The monoisotopic (exact) mass is 378 g/mol. The number of halogens is 1. The first-order valence-corrected chi connectivity index (χ1v) is 9.21. The molecular weight excluding hydrogens is 356 g/mol. The van der Waals surface area contributed by atoms with Gasteiger partial charge in [-0.25, -0.2) is 0 Å². The molecule has 23 heavy (non-hydrogen) atoms. The van der Waals surface area contributed by atoms with E-state index in [1.54, 1.807) is 0 Å². The second-order valence-corrected chi connectivity index (χ2v) is 7.62. The highest BCUT2D eigenvalue weighted by Gasteiger charge is 2.48. The summed E-state index contributed by atoms with van der Waals surface area (Å²) in [6.45, 7) is 2.00. The highest BCUT2D eigenvalue weighted by Crippen LogP contribution is 2.40. The van der Waals surface area contributed by atoms with Gasteiger partial charge in [-0.15, -0.1) is 0 Å². The van der Waals surface area contributed by atoms with E-state index in [0.29, 0.717) is 12.5 Å². The van der Waals surface area contributed by atoms with Crippen molar-refractivity contribution >= 4 is 33.4 Å². The van der Waals surface area contributed by atoms with Gasteiger partial charge >= 0.3 is 0 Å². The van der Waals surface area contributed by atoms with Crippen LogP contribution < -0.4 is 10.6 Å². The third-order valence-corrected chi connectivity index (χ3v) is 5.45. The SMILES string of the molecule is Cc1ccc(NC(=O)C2CC2C(=O)NC2CCCCC2)c(Br)c1. The maximum Gasteiger partial charge on any atom is 0.228 e. The summed E-state index contributed by atoms with van der Waals surface area (Å²) in [5.41, 5.74) is 1.89. The van der Waals surface area contributed by atoms with Crippen LogP contribution in [0.1, 0.15) is 44.1 Å². The average Bonchev–Trinajstić information content (AvgIpc) is 3.32. The van der Waals surface area contributed by atoms with E-state index >= 15 is 0 Å². The molecule has 2 aliphatic carbocycles. The number of rotatable bonds is 4. The Morgan fingerprint density at radius 3 is 2.48 bits per heavy atom. The van der Waals surface area contributed by atoms with Crippen LogP contribution in [0.25, 0.3) is 0 Å². The summed E-state index contributed by atoms with van der Waals surface area (Å²) in [5, 5.41) is 6.04. The summed E-state index contributed by atoms with van der Waals surface area (Å²) in [6.07, 6.45) is 6.47. The van der Waals surface area contributed by atoms with Gasteiger partial charge in [0.15, 0.2) is 0 Å². The Labute approximate surface area is 145 Å². The van der Waals surface area contributed by atoms with Crippen LogP contribution in [-0.4, -0.2) is 17.9 Å². The molecule has 2 N–H and O–H groups in total. The van der Waals surface area contributed by atoms with E-state index in [-0.39, 0.29) is 23.7 Å². The molecule has 0 aliphatic heterocycles. The number of amides is 2. The minimum atomic E-state index is -0.188. The molecule has 2 aliphatic rings. The Hall–Kier alpha value is -1.36. The zero-order valence-corrected chi connectivity index (χ0v) is 15.0. The number of aryl methyl sites for hydroxylation is 1. The van der Waals surface area contributed by atoms with Crippen LogP contribution in [0.15, 0.2) is 22.7 Å². The van der Waals surface area contributed by atoms with Gasteiger partial charge < -0.3 is 10.6 Å². The number of anilines is 1. The van der Waals surface area contributed by atoms with Crippen LogP contribution >= 0.6 is 15.9 Å². The lowest BCUT2D eigenvalue weighted by Crippen LogP contribution is -2.37. The third-order valence-electron chi connectivity index (χ3n) is 4.80. The first kappa shape index (κ1) is 16.5. The van der Waals surface area contributed by atoms with Crippen molar-refractivity contribution < 1.29 is 9.59 Å². The standard InChI is InChI=1S/C18H23BrN2O2/c1-11-7-8-16(15(19)9-11)21-18(23)14-10-13(14)17(22)20-12-5-3-2-4-6-12/h7-9,12-14H,2-6,10H2,1H3,(H,20,22)(H,21,23). The van der Waals surface area contributed by atoms with Crippen molar-refractivity contribution in [3.63, 3.8) is 0 Å². The number of benzene rings is 1. The second-order valence-electron chi connectivity index (χ2n) is 6.76. The molecule has 2 atom stereocenters. The number of nitrogens with one attached hydrogen (secondary N) is 2. The largest absolute Gasteiger partial charge is 0.353 e. The number of carbonyl (C=O) groups excluding carboxylic acids is 2. The Bertz CT molecular complexity index is 611. The highest BCUT2D eigenvalue weighted by atomic mass is 79.9. The first-order valence-electron chi connectivity index (χ1n) is 8.42. The lowest BCUT2D eigenvalue weighted by molar-refractivity contribution is -0.126. The summed E-state index contributed by atoms with van der Waals surface area (Å²) in [7, 11) is 0. The molecule has 2 saturated carbocycles. The summed E-state index contributed by atoms with van der Waals surface area (Å²) < 4.78 is 0.870. The van der Waals surface area contributed by atoms with Crippen molar-refractivity contribution in [3.8, 4) is 0 Å². The van der Waals surface area contributed by atoms with Crippen LogP contribution in [0.5, 0.6) is 0 Å². The zero-order valence-electron chi connectivity index (χ0n) is 13.4. The minimum Gasteiger partial charge on any atom is -0.353 e. The molecule has 1 aromatic carbocycles. The van der Waals surface area contributed by atoms with Gasteiger partial charge in [-0.2, -0.15) is 0 Å². The Morgan fingerprint density at radius 1 is 1.09 bits per heavy atom. The molecule has 2 fully saturated rings. The van der Waals surface area contributed by atoms with Gasteiger partial charge in [-0.3, -0.25) is 9.59 Å². The van der Waals surface area contributed by atoms with Gasteiger partial charge in [-0.1, -0.05) is 25.3 Å². The average molecular weight is 379 g/mol. The van der Waals surface area contributed by atoms with Crippen molar-refractivity contribution in [2.75, 3.05) is 5.32 Å². The predicted molar refractivity (Wildman–Crippen MR) is 94.1 cm³/mol. The molecule has 0 bridgehead atoms. The maximum atomic E-state index is 12.3. The molecule has 0 saturated heterocycles. The van der Waals surface area contributed by atoms with E-state index in [0.717, 1.165) is 28.6 Å². The van der Waals surface area contributed by atoms with E-state index in [1.807, 2.05) is 25.1 Å². The topological polar surface area (TPSA) is 58.2 Å². The molecule has 3 rings (SSSR count). The van der Waals surface area contributed by atoms with Gasteiger partial charge in [0.05, 0.1) is 17.5 Å². The fourth-order valence-electron chi connectivity index (χ4n) is 3.28. The van der Waals surface area contributed by atoms with E-state index in [2.05, 4.69) is 26.6 Å². The van der Waals surface area contributed by atoms with Crippen molar-refractivity contribution in [1.82, 2.24) is 5.32 Å². The lowest BCUT2D eigenvalue weighted by Gasteiger charge is -2.22. The summed E-state index contributed by atoms with van der Waals surface area (Å²) >= 11 is 3.46. The van der Waals surface area contributed by atoms with Crippen molar-refractivity contribution in [2.45, 2.75) is 51.5 Å². The smallest absolute Gasteiger partial charge is 0.228 e. The van der Waals surface area contributed by atoms with Gasteiger partial charge in [0.25, 0.3) is 0 Å². The van der Waals surface area contributed by atoms with Gasteiger partial charge in [-0.05, 0) is 59.8 Å². The molecule has 5 heteroatoms. The quantitative estimate of drug-likeness (QED) is 0.837. The van der Waals surface area contributed by atoms with E-state index in [9.17, 15) is 9.59 Å². The first-order chi connectivity index (χ1) is 11.0. The number of hydrogen-bond donors (Lipinski definition) is 2. The van der Waals surface area contributed by atoms with Crippen molar-refractivity contribution in [2.24, 2.45) is 11.8 Å². The number of carbonyl (C=O) groups is 2. The third kappa shape index (κ3) is 4.14. The van der Waals surface area contributed by atoms with E-state index in [4.69, 9.17) is 0 Å². The maximum absolute atomic E-state index is 12.3. The molecule has 4 nitrogen and oxygen atoms in total. The number of hydrogen-bond acceptors (Lipinski definition) is 2. The van der Waals surface area contributed by atoms with Crippen LogP contribution in [0, 0.1) is 18.8 Å². The van der Waals surface area contributed by atoms with Crippen molar-refractivity contribution in [1.29, 1.82) is 0 Å². The fourth-order valence-corrected chi connectivity index (χ4v) is 3.87. The second kappa shape index (κ2) is 7.04. The van der Waals surface area contributed by atoms with Crippen LogP contribution in [-0.2, 0) is 9.59 Å². The Balaban J connectivity index is 1.51. The van der Waals surface area contributed by atoms with Gasteiger partial charge in [0, 0.05) is 10.5 Å². The summed E-state index contributed by atoms with van der Waals surface area (Å²) in [4.78, 5) is 24.6. The fraction of sp³-hybridized carbons (Fsp3) is 0.556. The van der Waals surface area contributed by atoms with Crippen molar-refractivity contribution in [3.05, 3.63) is 28.2 Å². The Morgan fingerprint density at radius 2 is 1.78 bits per heavy atom. The highest BCUT2D eigenvalue weighted by molar-refractivity contribution is 9.10. The predicted octanol–water partition coefficient (Wildman–Crippen LogP) is 3.78. The lowest BCUT2D eigenvalue weighted by atomic mass is 9.95. The van der Waals surface area contributed by atoms with Gasteiger partial charge in [0.1, 0.15) is 0 Å². The molecule has 2 unspecified atom stereocenters. The normalized spacial score (nSPS) is 24.1. The molecule has 0 heterocycles. The van der Waals surface area contributed by atoms with E-state index in [1.165, 1.54) is 19.3 Å². The molecule has 0 aromatic heterocycles. The molecular formula is C18H23BrN2O2. The van der Waals surface area contributed by atoms with Crippen LogP contribution in [0.3, 0.4) is 0 Å². The van der Waals surface area contributed by atoms with Crippen LogP contribution in [0.2, 0.25) is 0 Å². The molecule has 1 aromatic rings. The Kier molecular flexibility index (Phi) is 5.05. The molecule has 0 spiro atoms. The summed E-state index contributed by atoms with van der Waals surface area (Å²) in [6, 6.07) is 6.12. The zero-order chi connectivity index (χ0) is 16.4. The molecule has 0 radical (unpaired) electrons. The molecule has 124 valence electrons. The van der Waals surface area contributed by atoms with E-state index < -0.39 is 0 Å². The summed E-state index contributed by atoms with van der Waals surface area (Å²) in [5.74, 6) is -0.341. The molecule has 2 amide bonds. The van der Waals surface area contributed by atoms with Gasteiger partial charge in [0.2, 0.25) is 11.8 Å². The minimum absolute atomic E-state index is 0.0556.